The van der Waals surface area contributed by atoms with Gasteiger partial charge in [0.25, 0.3) is 5.91 Å². The number of imidazole rings is 1. The molecule has 2 aliphatic rings. The summed E-state index contributed by atoms with van der Waals surface area (Å²) in [7, 11) is 0. The van der Waals surface area contributed by atoms with Crippen LogP contribution in [0.2, 0.25) is 0 Å². The molecular weight excluding hydrogens is 292 g/mol. The lowest BCUT2D eigenvalue weighted by Gasteiger charge is -2.37. The first kappa shape index (κ1) is 16.0. The van der Waals surface area contributed by atoms with E-state index in [1.807, 2.05) is 17.7 Å². The number of aromatic nitrogens is 2. The molecule has 1 aliphatic carbocycles. The van der Waals surface area contributed by atoms with Crippen LogP contribution < -0.4 is 5.32 Å². The van der Waals surface area contributed by atoms with Gasteiger partial charge in [-0.1, -0.05) is 32.1 Å². The van der Waals surface area contributed by atoms with Gasteiger partial charge in [0, 0.05) is 32.0 Å². The minimum Gasteiger partial charge on any atom is -0.353 e. The van der Waals surface area contributed by atoms with Crippen molar-refractivity contribution in [2.24, 2.45) is 5.92 Å². The molecule has 6 nitrogen and oxygen atoms in total. The van der Waals surface area contributed by atoms with Gasteiger partial charge in [-0.25, -0.2) is 4.98 Å². The molecule has 1 N–H and O–H groups in total. The number of rotatable bonds is 4. The van der Waals surface area contributed by atoms with Gasteiger partial charge in [-0.2, -0.15) is 0 Å². The van der Waals surface area contributed by atoms with Crippen LogP contribution in [0.5, 0.6) is 0 Å². The van der Waals surface area contributed by atoms with E-state index in [9.17, 15) is 9.59 Å². The first-order valence-corrected chi connectivity index (χ1v) is 8.80. The van der Waals surface area contributed by atoms with Crippen LogP contribution in [0.15, 0.2) is 12.4 Å². The van der Waals surface area contributed by atoms with E-state index in [4.69, 9.17) is 0 Å². The van der Waals surface area contributed by atoms with Gasteiger partial charge in [0.15, 0.2) is 5.82 Å². The highest BCUT2D eigenvalue weighted by Gasteiger charge is 2.36. The van der Waals surface area contributed by atoms with Crippen molar-refractivity contribution in [3.8, 4) is 0 Å². The summed E-state index contributed by atoms with van der Waals surface area (Å²) >= 11 is 0. The average molecular weight is 318 g/mol. The molecule has 1 unspecified atom stereocenters. The molecule has 2 heterocycles. The minimum absolute atomic E-state index is 0.00946. The Morgan fingerprint density at radius 2 is 2.13 bits per heavy atom. The van der Waals surface area contributed by atoms with Gasteiger partial charge in [-0.15, -0.1) is 0 Å². The fourth-order valence-electron chi connectivity index (χ4n) is 3.82. The third-order valence-corrected chi connectivity index (χ3v) is 5.12. The molecule has 2 amide bonds. The Morgan fingerprint density at radius 1 is 1.35 bits per heavy atom. The second-order valence-electron chi connectivity index (χ2n) is 6.58. The number of hydrogen-bond acceptors (Lipinski definition) is 3. The molecule has 0 aromatic carbocycles. The third-order valence-electron chi connectivity index (χ3n) is 5.12. The second-order valence-corrected chi connectivity index (χ2v) is 6.58. The van der Waals surface area contributed by atoms with Crippen molar-refractivity contribution >= 4 is 11.8 Å². The molecule has 1 aliphatic heterocycles. The molecule has 23 heavy (non-hydrogen) atoms. The number of amides is 2. The number of nitrogens with one attached hydrogen (secondary N) is 1. The van der Waals surface area contributed by atoms with E-state index < -0.39 is 0 Å². The van der Waals surface area contributed by atoms with Gasteiger partial charge >= 0.3 is 0 Å². The number of carbonyl (C=O) groups is 2. The Balaban J connectivity index is 1.77. The Kier molecular flexibility index (Phi) is 4.98. The standard InChI is InChI=1S/C17H26N4O2/c1-2-20-10-8-18-15(20)17(23)21-11-9-19-16(22)14(21)12-13-6-4-3-5-7-13/h8,10,13-14H,2-7,9,11-12H2,1H3,(H,19,22). The van der Waals surface area contributed by atoms with Crippen LogP contribution in [-0.4, -0.2) is 45.4 Å². The van der Waals surface area contributed by atoms with Crippen LogP contribution in [0.3, 0.4) is 0 Å². The van der Waals surface area contributed by atoms with E-state index in [0.29, 0.717) is 31.4 Å². The topological polar surface area (TPSA) is 67.2 Å². The summed E-state index contributed by atoms with van der Waals surface area (Å²) in [6, 6.07) is -0.346. The van der Waals surface area contributed by atoms with Crippen molar-refractivity contribution in [1.29, 1.82) is 0 Å². The van der Waals surface area contributed by atoms with Crippen molar-refractivity contribution in [2.75, 3.05) is 13.1 Å². The third kappa shape index (κ3) is 3.41. The fraction of sp³-hybridized carbons (Fsp3) is 0.706. The van der Waals surface area contributed by atoms with Crippen molar-refractivity contribution in [3.63, 3.8) is 0 Å². The Labute approximate surface area is 137 Å². The van der Waals surface area contributed by atoms with Gasteiger partial charge < -0.3 is 14.8 Å². The largest absolute Gasteiger partial charge is 0.353 e. The average Bonchev–Trinajstić information content (AvgIpc) is 3.05. The Morgan fingerprint density at radius 3 is 2.87 bits per heavy atom. The predicted molar refractivity (Wildman–Crippen MR) is 86.9 cm³/mol. The van der Waals surface area contributed by atoms with Crippen LogP contribution >= 0.6 is 0 Å². The van der Waals surface area contributed by atoms with Crippen LogP contribution in [0, 0.1) is 5.92 Å². The highest BCUT2D eigenvalue weighted by Crippen LogP contribution is 2.29. The van der Waals surface area contributed by atoms with Gasteiger partial charge in [0.1, 0.15) is 6.04 Å². The maximum atomic E-state index is 12.9. The van der Waals surface area contributed by atoms with E-state index in [0.717, 1.165) is 6.42 Å². The predicted octanol–water partition coefficient (Wildman–Crippen LogP) is 1.81. The molecule has 1 saturated carbocycles. The molecule has 0 radical (unpaired) electrons. The van der Waals surface area contributed by atoms with Gasteiger partial charge in [-0.3, -0.25) is 9.59 Å². The molecule has 2 fully saturated rings. The molecule has 0 spiro atoms. The SMILES string of the molecule is CCn1ccnc1C(=O)N1CCNC(=O)C1CC1CCCCC1. The summed E-state index contributed by atoms with van der Waals surface area (Å²) in [6.07, 6.45) is 10.4. The van der Waals surface area contributed by atoms with Crippen molar-refractivity contribution in [3.05, 3.63) is 18.2 Å². The van der Waals surface area contributed by atoms with E-state index in [1.165, 1.54) is 32.1 Å². The second kappa shape index (κ2) is 7.15. The zero-order valence-corrected chi connectivity index (χ0v) is 13.8. The monoisotopic (exact) mass is 318 g/mol. The van der Waals surface area contributed by atoms with Gasteiger partial charge in [0.05, 0.1) is 0 Å². The smallest absolute Gasteiger partial charge is 0.290 e. The number of piperazine rings is 1. The van der Waals surface area contributed by atoms with E-state index >= 15 is 0 Å². The number of carbonyl (C=O) groups excluding carboxylic acids is 2. The molecule has 1 saturated heterocycles. The number of aryl methyl sites for hydroxylation is 1. The maximum Gasteiger partial charge on any atom is 0.290 e. The van der Waals surface area contributed by atoms with Gasteiger partial charge in [-0.05, 0) is 19.3 Å². The minimum atomic E-state index is -0.346. The lowest BCUT2D eigenvalue weighted by atomic mass is 9.84. The lowest BCUT2D eigenvalue weighted by Crippen LogP contribution is -2.58. The summed E-state index contributed by atoms with van der Waals surface area (Å²) in [5, 5.41) is 2.92. The molecule has 126 valence electrons. The van der Waals surface area contributed by atoms with Gasteiger partial charge in [0.2, 0.25) is 5.91 Å². The van der Waals surface area contributed by atoms with Crippen LogP contribution in [0.4, 0.5) is 0 Å². The fourth-order valence-corrected chi connectivity index (χ4v) is 3.82. The van der Waals surface area contributed by atoms with Crippen molar-refractivity contribution in [2.45, 2.75) is 58.0 Å². The quantitative estimate of drug-likeness (QED) is 0.921. The lowest BCUT2D eigenvalue weighted by molar-refractivity contribution is -0.128. The Hall–Kier alpha value is -1.85. The molecular formula is C17H26N4O2. The summed E-state index contributed by atoms with van der Waals surface area (Å²) in [6.45, 7) is 3.78. The highest BCUT2D eigenvalue weighted by atomic mass is 16.2. The van der Waals surface area contributed by atoms with Crippen LogP contribution in [0.25, 0.3) is 0 Å². The van der Waals surface area contributed by atoms with E-state index in [-0.39, 0.29) is 17.9 Å². The zero-order valence-electron chi connectivity index (χ0n) is 13.8. The van der Waals surface area contributed by atoms with E-state index in [1.54, 1.807) is 11.1 Å². The number of hydrogen-bond donors (Lipinski definition) is 1. The molecule has 3 rings (SSSR count). The first-order valence-electron chi connectivity index (χ1n) is 8.80. The normalized spacial score (nSPS) is 22.9. The summed E-state index contributed by atoms with van der Waals surface area (Å²) < 4.78 is 1.84. The molecule has 1 aromatic heterocycles. The summed E-state index contributed by atoms with van der Waals surface area (Å²) in [5.74, 6) is 0.868. The van der Waals surface area contributed by atoms with Crippen molar-refractivity contribution in [1.82, 2.24) is 19.8 Å². The zero-order chi connectivity index (χ0) is 16.2. The van der Waals surface area contributed by atoms with Crippen molar-refractivity contribution < 1.29 is 9.59 Å². The molecule has 1 aromatic rings. The highest BCUT2D eigenvalue weighted by molar-refractivity contribution is 5.95. The van der Waals surface area contributed by atoms with Crippen LogP contribution in [-0.2, 0) is 11.3 Å². The maximum absolute atomic E-state index is 12.9. The van der Waals surface area contributed by atoms with Crippen LogP contribution in [0.1, 0.15) is 56.1 Å². The molecule has 0 bridgehead atoms. The summed E-state index contributed by atoms with van der Waals surface area (Å²) in [5.41, 5.74) is 0. The molecule has 6 heteroatoms. The first-order chi connectivity index (χ1) is 11.2. The summed E-state index contributed by atoms with van der Waals surface area (Å²) in [4.78, 5) is 31.2. The number of nitrogens with zero attached hydrogens (tertiary/aromatic N) is 3. The Bertz CT molecular complexity index is 563. The van der Waals surface area contributed by atoms with E-state index in [2.05, 4.69) is 10.3 Å². The molecule has 1 atom stereocenters.